The van der Waals surface area contributed by atoms with Crippen LogP contribution in [0.25, 0.3) is 16.9 Å². The number of hydrogen-bond donors (Lipinski definition) is 0. The van der Waals surface area contributed by atoms with Gasteiger partial charge in [-0.25, -0.2) is 9.37 Å². The summed E-state index contributed by atoms with van der Waals surface area (Å²) in [6, 6.07) is 11.8. The third-order valence-corrected chi connectivity index (χ3v) is 6.88. The van der Waals surface area contributed by atoms with Gasteiger partial charge >= 0.3 is 0 Å². The molecule has 0 spiro atoms. The van der Waals surface area contributed by atoms with Gasteiger partial charge < -0.3 is 4.57 Å². The number of hydrogen-bond acceptors (Lipinski definition) is 4. The van der Waals surface area contributed by atoms with Crippen LogP contribution in [0.5, 0.6) is 0 Å². The molecule has 1 fully saturated rings. The molecule has 5 nitrogen and oxygen atoms in total. The first-order valence-corrected chi connectivity index (χ1v) is 13.4. The Morgan fingerprint density at radius 3 is 2.42 bits per heavy atom. The first kappa shape index (κ1) is 29.5. The Labute approximate surface area is 231 Å². The molecule has 0 saturated carbocycles. The SMILES string of the molecule is C=C/C=C\C(N(C)C)N1CCCCC1.CC(=O)Cc1nc(-c2ccc(Cl)c(C)c2)cn1-c1ccc(F)cc1. The number of halogens is 2. The molecule has 1 aromatic heterocycles. The zero-order chi connectivity index (χ0) is 27.7. The molecule has 4 rings (SSSR count). The van der Waals surface area contributed by atoms with Gasteiger partial charge in [-0.15, -0.1) is 0 Å². The van der Waals surface area contributed by atoms with E-state index in [0.29, 0.717) is 17.0 Å². The molecular weight excluding hydrogens is 499 g/mol. The number of rotatable bonds is 8. The van der Waals surface area contributed by atoms with Gasteiger partial charge in [0, 0.05) is 22.5 Å². The number of piperidine rings is 1. The van der Waals surface area contributed by atoms with Crippen LogP contribution in [0, 0.1) is 12.7 Å². The van der Waals surface area contributed by atoms with Gasteiger partial charge in [0.05, 0.1) is 18.3 Å². The van der Waals surface area contributed by atoms with E-state index >= 15 is 0 Å². The monoisotopic (exact) mass is 536 g/mol. The molecule has 0 radical (unpaired) electrons. The highest BCUT2D eigenvalue weighted by Gasteiger charge is 2.19. The Balaban J connectivity index is 0.000000244. The molecule has 3 aromatic rings. The number of aryl methyl sites for hydroxylation is 1. The number of likely N-dealkylation sites (N-methyl/N-ethyl adjacent to an activating group) is 1. The second-order valence-electron chi connectivity index (χ2n) is 9.83. The number of carbonyl (C=O) groups excluding carboxylic acids is 1. The number of carbonyl (C=O) groups is 1. The molecule has 0 amide bonds. The van der Waals surface area contributed by atoms with Crippen LogP contribution in [0.3, 0.4) is 0 Å². The summed E-state index contributed by atoms with van der Waals surface area (Å²) in [6.07, 6.45) is 12.7. The van der Waals surface area contributed by atoms with E-state index in [9.17, 15) is 9.18 Å². The van der Waals surface area contributed by atoms with E-state index in [1.54, 1.807) is 12.1 Å². The first-order chi connectivity index (χ1) is 18.2. The van der Waals surface area contributed by atoms with Crippen molar-refractivity contribution in [2.24, 2.45) is 0 Å². The van der Waals surface area contributed by atoms with Gasteiger partial charge in [0.2, 0.25) is 0 Å². The fraction of sp³-hybridized carbons (Fsp3) is 0.355. The summed E-state index contributed by atoms with van der Waals surface area (Å²) in [6.45, 7) is 9.62. The Bertz CT molecular complexity index is 1240. The predicted octanol–water partition coefficient (Wildman–Crippen LogP) is 6.87. The molecule has 0 aliphatic carbocycles. The zero-order valence-electron chi connectivity index (χ0n) is 22.8. The normalized spacial score (nSPS) is 14.8. The average Bonchev–Trinajstić information content (AvgIpc) is 3.30. The Morgan fingerprint density at radius 2 is 1.84 bits per heavy atom. The van der Waals surface area contributed by atoms with Crippen LogP contribution in [-0.4, -0.2) is 58.5 Å². The van der Waals surface area contributed by atoms with Crippen LogP contribution in [0.2, 0.25) is 5.02 Å². The lowest BCUT2D eigenvalue weighted by Crippen LogP contribution is -2.46. The molecular formula is C31H38ClFN4O. The van der Waals surface area contributed by atoms with Gasteiger partial charge in [0.25, 0.3) is 0 Å². The third-order valence-electron chi connectivity index (χ3n) is 6.46. The van der Waals surface area contributed by atoms with Crippen molar-refractivity contribution in [2.75, 3.05) is 27.2 Å². The van der Waals surface area contributed by atoms with Crippen molar-refractivity contribution >= 4 is 17.4 Å². The largest absolute Gasteiger partial charge is 0.303 e. The Kier molecular flexibility index (Phi) is 11.0. The summed E-state index contributed by atoms with van der Waals surface area (Å²) in [4.78, 5) is 20.9. The van der Waals surface area contributed by atoms with Gasteiger partial charge in [-0.1, -0.05) is 48.9 Å². The van der Waals surface area contributed by atoms with Crippen molar-refractivity contribution in [2.45, 2.75) is 45.7 Å². The molecule has 1 saturated heterocycles. The minimum absolute atomic E-state index is 0.0165. The summed E-state index contributed by atoms with van der Waals surface area (Å²) in [5, 5.41) is 0.695. The standard InChI is InChI=1S/C19H16ClFN2O.C12H22N2/c1-12-9-14(3-8-17(12)20)18-11-23(19(22-18)10-13(2)24)16-6-4-15(21)5-7-16;1-4-5-9-12(13(2)3)14-10-7-6-8-11-14/h3-9,11H,10H2,1-2H3;4-5,9,12H,1,6-8,10-11H2,2-3H3/b;9-5-. The lowest BCUT2D eigenvalue weighted by molar-refractivity contribution is -0.116. The lowest BCUT2D eigenvalue weighted by atomic mass is 10.1. The van der Waals surface area contributed by atoms with Crippen molar-refractivity contribution in [1.29, 1.82) is 0 Å². The number of benzene rings is 2. The van der Waals surface area contributed by atoms with E-state index in [-0.39, 0.29) is 18.0 Å². The maximum Gasteiger partial charge on any atom is 0.137 e. The van der Waals surface area contributed by atoms with Gasteiger partial charge in [-0.05, 0) is 95.8 Å². The molecule has 2 heterocycles. The fourth-order valence-corrected chi connectivity index (χ4v) is 4.63. The molecule has 1 atom stereocenters. The topological polar surface area (TPSA) is 41.4 Å². The number of likely N-dealkylation sites (tertiary alicyclic amines) is 1. The molecule has 0 N–H and O–H groups in total. The second kappa shape index (κ2) is 14.2. The number of Topliss-reactive ketones (excluding diaryl/α,β-unsaturated/α-hetero) is 1. The van der Waals surface area contributed by atoms with Crippen molar-refractivity contribution < 1.29 is 9.18 Å². The van der Waals surface area contributed by atoms with Gasteiger partial charge in [0.1, 0.15) is 17.4 Å². The van der Waals surface area contributed by atoms with E-state index in [0.717, 1.165) is 22.5 Å². The van der Waals surface area contributed by atoms with E-state index in [1.807, 2.05) is 48.0 Å². The second-order valence-corrected chi connectivity index (χ2v) is 10.2. The highest BCUT2D eigenvalue weighted by atomic mass is 35.5. The van der Waals surface area contributed by atoms with E-state index in [2.05, 4.69) is 41.5 Å². The summed E-state index contributed by atoms with van der Waals surface area (Å²) >= 11 is 6.08. The van der Waals surface area contributed by atoms with Gasteiger partial charge in [-0.2, -0.15) is 0 Å². The summed E-state index contributed by atoms with van der Waals surface area (Å²) in [7, 11) is 4.26. The van der Waals surface area contributed by atoms with Crippen LogP contribution < -0.4 is 0 Å². The van der Waals surface area contributed by atoms with Crippen LogP contribution >= 0.6 is 11.6 Å². The first-order valence-electron chi connectivity index (χ1n) is 13.0. The van der Waals surface area contributed by atoms with Crippen molar-refractivity contribution in [3.05, 3.63) is 95.7 Å². The fourth-order valence-electron chi connectivity index (χ4n) is 4.52. The maximum atomic E-state index is 13.2. The minimum atomic E-state index is -0.305. The van der Waals surface area contributed by atoms with Crippen molar-refractivity contribution in [1.82, 2.24) is 19.4 Å². The quantitative estimate of drug-likeness (QED) is 0.294. The summed E-state index contributed by atoms with van der Waals surface area (Å²) in [5.41, 5.74) is 3.38. The van der Waals surface area contributed by atoms with Crippen molar-refractivity contribution in [3.8, 4) is 16.9 Å². The third kappa shape index (κ3) is 8.22. The number of imidazole rings is 1. The van der Waals surface area contributed by atoms with Crippen LogP contribution in [0.15, 0.2) is 73.5 Å². The lowest BCUT2D eigenvalue weighted by Gasteiger charge is -2.36. The maximum absolute atomic E-state index is 13.2. The molecule has 1 aliphatic rings. The van der Waals surface area contributed by atoms with Crippen molar-refractivity contribution in [3.63, 3.8) is 0 Å². The highest BCUT2D eigenvalue weighted by Crippen LogP contribution is 2.26. The highest BCUT2D eigenvalue weighted by molar-refractivity contribution is 6.31. The number of allylic oxidation sites excluding steroid dienone is 2. The zero-order valence-corrected chi connectivity index (χ0v) is 23.6. The average molecular weight is 537 g/mol. The van der Waals surface area contributed by atoms with Gasteiger partial charge in [0.15, 0.2) is 0 Å². The summed E-state index contributed by atoms with van der Waals surface area (Å²) in [5.74, 6) is 0.333. The number of ketones is 1. The Hall–Kier alpha value is -3.06. The molecule has 38 heavy (non-hydrogen) atoms. The summed E-state index contributed by atoms with van der Waals surface area (Å²) < 4.78 is 15.0. The molecule has 0 bridgehead atoms. The van der Waals surface area contributed by atoms with E-state index in [1.165, 1.54) is 51.4 Å². The van der Waals surface area contributed by atoms with Crippen LogP contribution in [-0.2, 0) is 11.2 Å². The molecule has 1 unspecified atom stereocenters. The van der Waals surface area contributed by atoms with Gasteiger partial charge in [-0.3, -0.25) is 14.6 Å². The molecule has 202 valence electrons. The van der Waals surface area contributed by atoms with E-state index in [4.69, 9.17) is 11.6 Å². The molecule has 1 aliphatic heterocycles. The number of aromatic nitrogens is 2. The minimum Gasteiger partial charge on any atom is -0.303 e. The van der Waals surface area contributed by atoms with Crippen LogP contribution in [0.1, 0.15) is 37.6 Å². The molecule has 7 heteroatoms. The number of nitrogens with zero attached hydrogens (tertiary/aromatic N) is 4. The Morgan fingerprint density at radius 1 is 1.16 bits per heavy atom. The smallest absolute Gasteiger partial charge is 0.137 e. The molecule has 2 aromatic carbocycles. The van der Waals surface area contributed by atoms with Crippen LogP contribution in [0.4, 0.5) is 4.39 Å². The van der Waals surface area contributed by atoms with E-state index < -0.39 is 0 Å². The predicted molar refractivity (Wildman–Crippen MR) is 155 cm³/mol.